The first-order chi connectivity index (χ1) is 8.61. The fourth-order valence-electron chi connectivity index (χ4n) is 1.74. The summed E-state index contributed by atoms with van der Waals surface area (Å²) in [5.41, 5.74) is 7.39. The predicted molar refractivity (Wildman–Crippen MR) is 70.3 cm³/mol. The largest absolute Gasteiger partial charge is 0.469 e. The van der Waals surface area contributed by atoms with Crippen LogP contribution in [-0.2, 0) is 9.53 Å². The van der Waals surface area contributed by atoms with Crippen molar-refractivity contribution in [2.45, 2.75) is 12.5 Å². The maximum Gasteiger partial charge on any atom is 0.307 e. The number of para-hydroxylation sites is 1. The Hall–Kier alpha value is -1.65. The van der Waals surface area contributed by atoms with Gasteiger partial charge in [-0.25, -0.2) is 4.98 Å². The van der Waals surface area contributed by atoms with Gasteiger partial charge in [-0.2, -0.15) is 0 Å². The Labute approximate surface area is 110 Å². The molecular weight excluding hydrogens is 252 g/mol. The Morgan fingerprint density at radius 2 is 2.22 bits per heavy atom. The van der Waals surface area contributed by atoms with Crippen LogP contribution in [-0.4, -0.2) is 18.1 Å². The lowest BCUT2D eigenvalue weighted by atomic mass is 10.0. The number of esters is 1. The van der Waals surface area contributed by atoms with Crippen molar-refractivity contribution in [2.75, 3.05) is 7.11 Å². The molecule has 0 saturated carbocycles. The highest BCUT2D eigenvalue weighted by Crippen LogP contribution is 2.26. The standard InChI is InChI=1S/C13H13ClN2O2/c1-18-12(17)7-10(15)9-6-8-4-2-3-5-11(8)16-13(9)14/h2-6,10H,7,15H2,1H3. The van der Waals surface area contributed by atoms with Crippen LogP contribution in [0, 0.1) is 0 Å². The molecular formula is C13H13ClN2O2. The van der Waals surface area contributed by atoms with Gasteiger partial charge in [0.2, 0.25) is 0 Å². The van der Waals surface area contributed by atoms with Crippen molar-refractivity contribution in [3.63, 3.8) is 0 Å². The minimum atomic E-state index is -0.512. The first-order valence-corrected chi connectivity index (χ1v) is 5.87. The molecule has 1 heterocycles. The van der Waals surface area contributed by atoms with Gasteiger partial charge in [0.25, 0.3) is 0 Å². The van der Waals surface area contributed by atoms with Gasteiger partial charge in [0.15, 0.2) is 0 Å². The van der Waals surface area contributed by atoms with E-state index in [9.17, 15) is 4.79 Å². The lowest BCUT2D eigenvalue weighted by Gasteiger charge is -2.12. The fourth-order valence-corrected chi connectivity index (χ4v) is 2.03. The quantitative estimate of drug-likeness (QED) is 0.683. The monoisotopic (exact) mass is 264 g/mol. The molecule has 2 N–H and O–H groups in total. The number of ether oxygens (including phenoxy) is 1. The molecule has 0 spiro atoms. The van der Waals surface area contributed by atoms with E-state index in [0.29, 0.717) is 10.7 Å². The number of aromatic nitrogens is 1. The number of nitrogens with two attached hydrogens (primary N) is 1. The number of rotatable bonds is 3. The Balaban J connectivity index is 2.38. The van der Waals surface area contributed by atoms with Gasteiger partial charge in [-0.3, -0.25) is 4.79 Å². The molecule has 2 rings (SSSR count). The number of carbonyl (C=O) groups is 1. The first-order valence-electron chi connectivity index (χ1n) is 5.49. The van der Waals surface area contributed by atoms with Crippen LogP contribution < -0.4 is 5.73 Å². The number of halogens is 1. The molecule has 0 aliphatic rings. The number of hydrogen-bond acceptors (Lipinski definition) is 4. The summed E-state index contributed by atoms with van der Waals surface area (Å²) in [4.78, 5) is 15.5. The summed E-state index contributed by atoms with van der Waals surface area (Å²) in [6.07, 6.45) is 0.0796. The summed E-state index contributed by atoms with van der Waals surface area (Å²) in [5.74, 6) is -0.369. The predicted octanol–water partition coefficient (Wildman–Crippen LogP) is 2.45. The molecule has 18 heavy (non-hydrogen) atoms. The zero-order valence-electron chi connectivity index (χ0n) is 9.89. The van der Waals surface area contributed by atoms with Gasteiger partial charge >= 0.3 is 5.97 Å². The summed E-state index contributed by atoms with van der Waals surface area (Å²) in [7, 11) is 1.33. The van der Waals surface area contributed by atoms with E-state index in [0.717, 1.165) is 10.9 Å². The summed E-state index contributed by atoms with van der Waals surface area (Å²) in [5, 5.41) is 1.27. The van der Waals surface area contributed by atoms with Gasteiger partial charge in [-0.15, -0.1) is 0 Å². The van der Waals surface area contributed by atoms with Crippen LogP contribution in [0.3, 0.4) is 0 Å². The number of methoxy groups -OCH3 is 1. The third-order valence-electron chi connectivity index (χ3n) is 2.72. The summed E-state index contributed by atoms with van der Waals surface area (Å²) >= 11 is 6.08. The van der Waals surface area contributed by atoms with E-state index in [1.165, 1.54) is 7.11 Å². The maximum atomic E-state index is 11.2. The van der Waals surface area contributed by atoms with Crippen LogP contribution in [0.1, 0.15) is 18.0 Å². The van der Waals surface area contributed by atoms with E-state index in [4.69, 9.17) is 17.3 Å². The molecule has 0 aliphatic heterocycles. The normalized spacial score (nSPS) is 12.4. The van der Waals surface area contributed by atoms with Gasteiger partial charge in [0.1, 0.15) is 5.15 Å². The molecule has 4 nitrogen and oxygen atoms in total. The second-order valence-electron chi connectivity index (χ2n) is 3.95. The highest BCUT2D eigenvalue weighted by atomic mass is 35.5. The van der Waals surface area contributed by atoms with Crippen LogP contribution in [0.5, 0.6) is 0 Å². The molecule has 0 amide bonds. The molecule has 5 heteroatoms. The molecule has 1 atom stereocenters. The zero-order chi connectivity index (χ0) is 13.1. The average Bonchev–Trinajstić information content (AvgIpc) is 2.37. The van der Waals surface area contributed by atoms with E-state index in [-0.39, 0.29) is 12.4 Å². The van der Waals surface area contributed by atoms with E-state index in [2.05, 4.69) is 9.72 Å². The van der Waals surface area contributed by atoms with Gasteiger partial charge in [0.05, 0.1) is 19.0 Å². The lowest BCUT2D eigenvalue weighted by molar-refractivity contribution is -0.141. The summed E-state index contributed by atoms with van der Waals surface area (Å²) < 4.78 is 4.59. The molecule has 1 unspecified atom stereocenters. The smallest absolute Gasteiger partial charge is 0.307 e. The first kappa shape index (κ1) is 12.8. The molecule has 0 aliphatic carbocycles. The van der Waals surface area contributed by atoms with E-state index in [1.807, 2.05) is 30.3 Å². The molecule has 0 bridgehead atoms. The number of hydrogen-bond donors (Lipinski definition) is 1. The van der Waals surface area contributed by atoms with Crippen molar-refractivity contribution in [1.29, 1.82) is 0 Å². The van der Waals surface area contributed by atoms with Crippen molar-refractivity contribution in [3.05, 3.63) is 41.0 Å². The second kappa shape index (κ2) is 5.33. The number of pyridine rings is 1. The minimum Gasteiger partial charge on any atom is -0.469 e. The number of fused-ring (bicyclic) bond motifs is 1. The van der Waals surface area contributed by atoms with Crippen LogP contribution >= 0.6 is 11.6 Å². The van der Waals surface area contributed by atoms with Crippen LogP contribution in [0.25, 0.3) is 10.9 Å². The topological polar surface area (TPSA) is 65.2 Å². The highest BCUT2D eigenvalue weighted by molar-refractivity contribution is 6.30. The van der Waals surface area contributed by atoms with Crippen LogP contribution in [0.15, 0.2) is 30.3 Å². The third kappa shape index (κ3) is 2.60. The molecule has 0 saturated heterocycles. The van der Waals surface area contributed by atoms with E-state index in [1.54, 1.807) is 0 Å². The van der Waals surface area contributed by atoms with Crippen molar-refractivity contribution < 1.29 is 9.53 Å². The average molecular weight is 265 g/mol. The molecule has 0 radical (unpaired) electrons. The van der Waals surface area contributed by atoms with E-state index >= 15 is 0 Å². The molecule has 2 aromatic rings. The van der Waals surface area contributed by atoms with Crippen LogP contribution in [0.4, 0.5) is 0 Å². The molecule has 1 aromatic carbocycles. The van der Waals surface area contributed by atoms with E-state index < -0.39 is 6.04 Å². The van der Waals surface area contributed by atoms with Crippen molar-refractivity contribution >= 4 is 28.5 Å². The highest BCUT2D eigenvalue weighted by Gasteiger charge is 2.16. The molecule has 0 fully saturated rings. The zero-order valence-corrected chi connectivity index (χ0v) is 10.6. The Bertz CT molecular complexity index is 586. The number of carbonyl (C=O) groups excluding carboxylic acids is 1. The Morgan fingerprint density at radius 1 is 1.50 bits per heavy atom. The van der Waals surface area contributed by atoms with Gasteiger partial charge < -0.3 is 10.5 Å². The van der Waals surface area contributed by atoms with Crippen molar-refractivity contribution in [1.82, 2.24) is 4.98 Å². The number of benzene rings is 1. The Morgan fingerprint density at radius 3 is 2.94 bits per heavy atom. The Kier molecular flexibility index (Phi) is 3.79. The molecule has 94 valence electrons. The fraction of sp³-hybridized carbons (Fsp3) is 0.231. The van der Waals surface area contributed by atoms with Crippen LogP contribution in [0.2, 0.25) is 5.15 Å². The third-order valence-corrected chi connectivity index (χ3v) is 3.02. The van der Waals surface area contributed by atoms with Crippen molar-refractivity contribution in [2.24, 2.45) is 5.73 Å². The summed E-state index contributed by atoms with van der Waals surface area (Å²) in [6.45, 7) is 0. The lowest BCUT2D eigenvalue weighted by Crippen LogP contribution is -2.17. The summed E-state index contributed by atoms with van der Waals surface area (Å²) in [6, 6.07) is 8.94. The second-order valence-corrected chi connectivity index (χ2v) is 4.31. The van der Waals surface area contributed by atoms with Gasteiger partial charge in [0, 0.05) is 17.0 Å². The van der Waals surface area contributed by atoms with Gasteiger partial charge in [-0.1, -0.05) is 29.8 Å². The maximum absolute atomic E-state index is 11.2. The molecule has 1 aromatic heterocycles. The number of nitrogens with zero attached hydrogens (tertiary/aromatic N) is 1. The SMILES string of the molecule is COC(=O)CC(N)c1cc2ccccc2nc1Cl. The van der Waals surface area contributed by atoms with Gasteiger partial charge in [-0.05, 0) is 12.1 Å². The van der Waals surface area contributed by atoms with Crippen molar-refractivity contribution in [3.8, 4) is 0 Å². The minimum absolute atomic E-state index is 0.0796.